The maximum atomic E-state index is 12.7. The fourth-order valence-corrected chi connectivity index (χ4v) is 2.86. The van der Waals surface area contributed by atoms with Crippen molar-refractivity contribution in [3.63, 3.8) is 0 Å². The van der Waals surface area contributed by atoms with Crippen molar-refractivity contribution in [1.82, 2.24) is 20.0 Å². The van der Waals surface area contributed by atoms with Crippen LogP contribution in [-0.2, 0) is 0 Å². The first kappa shape index (κ1) is 15.5. The number of anilines is 1. The molecule has 126 valence electrons. The number of pyridine rings is 1. The Bertz CT molecular complexity index is 925. The lowest BCUT2D eigenvalue weighted by Gasteiger charge is -2.08. The van der Waals surface area contributed by atoms with Gasteiger partial charge in [-0.05, 0) is 51.0 Å². The second kappa shape index (κ2) is 6.12. The van der Waals surface area contributed by atoms with Crippen LogP contribution in [0.15, 0.2) is 42.6 Å². The zero-order valence-corrected chi connectivity index (χ0v) is 14.2. The molecule has 0 unspecified atom stereocenters. The quantitative estimate of drug-likeness (QED) is 0.794. The number of amides is 1. The SMILES string of the molecule is Cc1ccc(-n2nnc(C(=O)Nc3ccnc(C)c3)c2C2CC2)cc1. The molecule has 1 aromatic carbocycles. The summed E-state index contributed by atoms with van der Waals surface area (Å²) in [5, 5.41) is 11.3. The standard InChI is InChI=1S/C19H19N5O/c1-12-3-7-16(8-4-12)24-18(14-5-6-14)17(22-23-24)19(25)21-15-9-10-20-13(2)11-15/h3-4,7-11,14H,5-6H2,1-2H3,(H,20,21,25). The molecule has 1 amide bonds. The van der Waals surface area contributed by atoms with E-state index in [9.17, 15) is 4.79 Å². The summed E-state index contributed by atoms with van der Waals surface area (Å²) in [5.74, 6) is 0.113. The van der Waals surface area contributed by atoms with Gasteiger partial charge in [0.15, 0.2) is 5.69 Å². The Balaban J connectivity index is 1.68. The summed E-state index contributed by atoms with van der Waals surface area (Å²) in [5.41, 5.74) is 4.97. The lowest BCUT2D eigenvalue weighted by molar-refractivity contribution is 0.102. The number of benzene rings is 1. The highest BCUT2D eigenvalue weighted by Crippen LogP contribution is 2.42. The summed E-state index contributed by atoms with van der Waals surface area (Å²) in [7, 11) is 0. The first-order valence-electron chi connectivity index (χ1n) is 8.38. The van der Waals surface area contributed by atoms with Gasteiger partial charge < -0.3 is 5.32 Å². The van der Waals surface area contributed by atoms with Gasteiger partial charge in [-0.1, -0.05) is 22.9 Å². The number of carbonyl (C=O) groups is 1. The highest BCUT2D eigenvalue weighted by atomic mass is 16.2. The molecule has 3 aromatic rings. The van der Waals surface area contributed by atoms with Crippen LogP contribution in [-0.4, -0.2) is 25.9 Å². The molecule has 6 nitrogen and oxygen atoms in total. The van der Waals surface area contributed by atoms with Crippen LogP contribution < -0.4 is 5.32 Å². The molecule has 1 fully saturated rings. The fourth-order valence-electron chi connectivity index (χ4n) is 2.86. The van der Waals surface area contributed by atoms with E-state index >= 15 is 0 Å². The van der Waals surface area contributed by atoms with E-state index in [1.54, 1.807) is 16.9 Å². The minimum absolute atomic E-state index is 0.231. The monoisotopic (exact) mass is 333 g/mol. The summed E-state index contributed by atoms with van der Waals surface area (Å²) < 4.78 is 1.80. The van der Waals surface area contributed by atoms with Crippen molar-refractivity contribution in [1.29, 1.82) is 0 Å². The van der Waals surface area contributed by atoms with E-state index in [-0.39, 0.29) is 5.91 Å². The molecular formula is C19H19N5O. The van der Waals surface area contributed by atoms with Gasteiger partial charge in [0.25, 0.3) is 5.91 Å². The van der Waals surface area contributed by atoms with Crippen LogP contribution in [0.2, 0.25) is 0 Å². The Morgan fingerprint density at radius 3 is 2.60 bits per heavy atom. The van der Waals surface area contributed by atoms with Gasteiger partial charge in [-0.25, -0.2) is 4.68 Å². The van der Waals surface area contributed by atoms with Gasteiger partial charge in [0.05, 0.1) is 11.4 Å². The van der Waals surface area contributed by atoms with Crippen LogP contribution in [0.4, 0.5) is 5.69 Å². The fraction of sp³-hybridized carbons (Fsp3) is 0.263. The molecule has 0 radical (unpaired) electrons. The van der Waals surface area contributed by atoms with E-state index in [0.29, 0.717) is 17.3 Å². The van der Waals surface area contributed by atoms with E-state index in [2.05, 4.69) is 20.6 Å². The number of hydrogen-bond donors (Lipinski definition) is 1. The normalized spacial score (nSPS) is 13.7. The Morgan fingerprint density at radius 2 is 1.92 bits per heavy atom. The molecule has 2 heterocycles. The van der Waals surface area contributed by atoms with Gasteiger partial charge in [-0.3, -0.25) is 9.78 Å². The Hall–Kier alpha value is -3.02. The minimum Gasteiger partial charge on any atom is -0.320 e. The van der Waals surface area contributed by atoms with E-state index in [4.69, 9.17) is 0 Å². The van der Waals surface area contributed by atoms with Crippen molar-refractivity contribution in [3.8, 4) is 5.69 Å². The maximum absolute atomic E-state index is 12.7. The van der Waals surface area contributed by atoms with Crippen LogP contribution in [0.1, 0.15) is 46.2 Å². The van der Waals surface area contributed by atoms with Gasteiger partial charge in [0.1, 0.15) is 0 Å². The Kier molecular flexibility index (Phi) is 3.80. The number of aromatic nitrogens is 4. The lowest BCUT2D eigenvalue weighted by Crippen LogP contribution is -2.15. The van der Waals surface area contributed by atoms with Crippen molar-refractivity contribution < 1.29 is 4.79 Å². The van der Waals surface area contributed by atoms with E-state index in [1.807, 2.05) is 44.2 Å². The third kappa shape index (κ3) is 3.15. The topological polar surface area (TPSA) is 72.7 Å². The van der Waals surface area contributed by atoms with Crippen molar-refractivity contribution in [2.24, 2.45) is 0 Å². The lowest BCUT2D eigenvalue weighted by atomic mass is 10.2. The first-order chi connectivity index (χ1) is 12.1. The number of aryl methyl sites for hydroxylation is 2. The predicted molar refractivity (Wildman–Crippen MR) is 95.0 cm³/mol. The molecule has 1 aliphatic rings. The van der Waals surface area contributed by atoms with Crippen molar-refractivity contribution >= 4 is 11.6 Å². The number of nitrogens with zero attached hydrogens (tertiary/aromatic N) is 4. The van der Waals surface area contributed by atoms with E-state index in [1.165, 1.54) is 5.56 Å². The van der Waals surface area contributed by atoms with Crippen LogP contribution in [0, 0.1) is 13.8 Å². The van der Waals surface area contributed by atoms with Crippen LogP contribution in [0.5, 0.6) is 0 Å². The van der Waals surface area contributed by atoms with Crippen molar-refractivity contribution in [2.45, 2.75) is 32.6 Å². The summed E-state index contributed by atoms with van der Waals surface area (Å²) >= 11 is 0. The summed E-state index contributed by atoms with van der Waals surface area (Å²) in [6.07, 6.45) is 3.80. The molecular weight excluding hydrogens is 314 g/mol. The third-order valence-corrected chi connectivity index (χ3v) is 4.32. The molecule has 25 heavy (non-hydrogen) atoms. The third-order valence-electron chi connectivity index (χ3n) is 4.32. The second-order valence-corrected chi connectivity index (χ2v) is 6.48. The first-order valence-corrected chi connectivity index (χ1v) is 8.38. The summed E-state index contributed by atoms with van der Waals surface area (Å²) in [6.45, 7) is 3.93. The van der Waals surface area contributed by atoms with Gasteiger partial charge in [-0.15, -0.1) is 5.10 Å². The van der Waals surface area contributed by atoms with E-state index < -0.39 is 0 Å². The Morgan fingerprint density at radius 1 is 1.16 bits per heavy atom. The summed E-state index contributed by atoms with van der Waals surface area (Å²) in [6, 6.07) is 11.7. The van der Waals surface area contributed by atoms with Crippen molar-refractivity contribution in [3.05, 3.63) is 65.2 Å². The molecule has 6 heteroatoms. The second-order valence-electron chi connectivity index (χ2n) is 6.48. The highest BCUT2D eigenvalue weighted by molar-refractivity contribution is 6.03. The predicted octanol–water partition coefficient (Wildman–Crippen LogP) is 3.41. The van der Waals surface area contributed by atoms with Crippen LogP contribution in [0.3, 0.4) is 0 Å². The van der Waals surface area contributed by atoms with Crippen LogP contribution in [0.25, 0.3) is 5.69 Å². The largest absolute Gasteiger partial charge is 0.320 e. The van der Waals surface area contributed by atoms with E-state index in [0.717, 1.165) is 29.9 Å². The van der Waals surface area contributed by atoms with Gasteiger partial charge >= 0.3 is 0 Å². The molecule has 0 saturated heterocycles. The minimum atomic E-state index is -0.231. The maximum Gasteiger partial charge on any atom is 0.278 e. The van der Waals surface area contributed by atoms with Crippen LogP contribution >= 0.6 is 0 Å². The number of carbonyl (C=O) groups excluding carboxylic acids is 1. The Labute approximate surface area is 145 Å². The van der Waals surface area contributed by atoms with Gasteiger partial charge in [0, 0.05) is 23.5 Å². The molecule has 0 aliphatic heterocycles. The van der Waals surface area contributed by atoms with Gasteiger partial charge in [-0.2, -0.15) is 0 Å². The zero-order valence-electron chi connectivity index (χ0n) is 14.2. The molecule has 4 rings (SSSR count). The molecule has 1 saturated carbocycles. The molecule has 1 aliphatic carbocycles. The smallest absolute Gasteiger partial charge is 0.278 e. The molecule has 0 atom stereocenters. The molecule has 0 bridgehead atoms. The number of hydrogen-bond acceptors (Lipinski definition) is 4. The van der Waals surface area contributed by atoms with Gasteiger partial charge in [0.2, 0.25) is 0 Å². The molecule has 1 N–H and O–H groups in total. The average Bonchev–Trinajstić information content (AvgIpc) is 3.34. The highest BCUT2D eigenvalue weighted by Gasteiger charge is 2.34. The molecule has 2 aromatic heterocycles. The number of nitrogens with one attached hydrogen (secondary N) is 1. The zero-order chi connectivity index (χ0) is 17.4. The summed E-state index contributed by atoms with van der Waals surface area (Å²) in [4.78, 5) is 16.9. The average molecular weight is 333 g/mol. The molecule has 0 spiro atoms. The van der Waals surface area contributed by atoms with Crippen molar-refractivity contribution in [2.75, 3.05) is 5.32 Å². The number of rotatable bonds is 4.